The maximum absolute atomic E-state index is 3.53. The summed E-state index contributed by atoms with van der Waals surface area (Å²) in [4.78, 5) is 0. The second-order valence-electron chi connectivity index (χ2n) is 4.25. The lowest BCUT2D eigenvalue weighted by Gasteiger charge is -2.18. The summed E-state index contributed by atoms with van der Waals surface area (Å²) in [5.74, 6) is 0. The van der Waals surface area contributed by atoms with Crippen molar-refractivity contribution in [3.05, 3.63) is 12.2 Å². The summed E-state index contributed by atoms with van der Waals surface area (Å²) >= 11 is 5.57. The predicted octanol–water partition coefficient (Wildman–Crippen LogP) is 5.34. The van der Waals surface area contributed by atoms with Gasteiger partial charge < -0.3 is 0 Å². The molecule has 0 spiro atoms. The van der Waals surface area contributed by atoms with Gasteiger partial charge in [-0.25, -0.2) is 0 Å². The van der Waals surface area contributed by atoms with Gasteiger partial charge in [-0.3, -0.25) is 0 Å². The van der Waals surface area contributed by atoms with Crippen LogP contribution in [0.1, 0.15) is 57.8 Å². The highest BCUT2D eigenvalue weighted by Crippen LogP contribution is 2.25. The van der Waals surface area contributed by atoms with Crippen molar-refractivity contribution in [2.45, 2.75) is 63.0 Å². The lowest BCUT2D eigenvalue weighted by molar-refractivity contribution is 0.516. The highest BCUT2D eigenvalue weighted by molar-refractivity contribution is 7.99. The van der Waals surface area contributed by atoms with Crippen molar-refractivity contribution in [1.29, 1.82) is 0 Å². The van der Waals surface area contributed by atoms with E-state index < -0.39 is 0 Å². The van der Waals surface area contributed by atoms with Crippen LogP contribution in [0, 0.1) is 0 Å². The zero-order valence-electron chi connectivity index (χ0n) is 11.0. The van der Waals surface area contributed by atoms with Crippen LogP contribution in [-0.2, 0) is 0 Å². The largest absolute Gasteiger partial charge is 0.183 e. The van der Waals surface area contributed by atoms with Gasteiger partial charge in [-0.2, -0.15) is 24.4 Å². The Labute approximate surface area is 112 Å². The van der Waals surface area contributed by atoms with Gasteiger partial charge in [-0.1, -0.05) is 31.4 Å². The van der Waals surface area contributed by atoms with Gasteiger partial charge in [0.2, 0.25) is 0 Å². The van der Waals surface area contributed by atoms with E-state index in [0.29, 0.717) is 0 Å². The molecule has 0 aromatic carbocycles. The number of thiol groups is 1. The lowest BCUT2D eigenvalue weighted by atomic mass is 10.0. The van der Waals surface area contributed by atoms with Crippen LogP contribution in [-0.4, -0.2) is 17.8 Å². The molecule has 0 bridgehead atoms. The molecular weight excluding hydrogens is 232 g/mol. The van der Waals surface area contributed by atoms with Crippen LogP contribution in [0.4, 0.5) is 0 Å². The molecule has 0 unspecified atom stereocenters. The van der Waals surface area contributed by atoms with Crippen molar-refractivity contribution in [2.24, 2.45) is 0 Å². The van der Waals surface area contributed by atoms with E-state index in [2.05, 4.69) is 31.0 Å². The van der Waals surface area contributed by atoms with Crippen molar-refractivity contribution in [1.82, 2.24) is 0 Å². The SMILES string of the molecule is C1=CCCCC1.CS.CSC1CCCCC1. The summed E-state index contributed by atoms with van der Waals surface area (Å²) < 4.78 is 0. The first-order valence-electron chi connectivity index (χ1n) is 6.56. The van der Waals surface area contributed by atoms with Crippen molar-refractivity contribution in [3.8, 4) is 0 Å². The summed E-state index contributed by atoms with van der Waals surface area (Å²) in [6, 6.07) is 0. The fraction of sp³-hybridized carbons (Fsp3) is 0.857. The van der Waals surface area contributed by atoms with E-state index >= 15 is 0 Å². The fourth-order valence-electron chi connectivity index (χ4n) is 2.06. The van der Waals surface area contributed by atoms with E-state index in [1.807, 2.05) is 11.8 Å². The molecule has 96 valence electrons. The first kappa shape index (κ1) is 16.4. The zero-order valence-corrected chi connectivity index (χ0v) is 12.7. The summed E-state index contributed by atoms with van der Waals surface area (Å²) in [7, 11) is 0. The first-order valence-corrected chi connectivity index (χ1v) is 8.74. The van der Waals surface area contributed by atoms with Crippen molar-refractivity contribution >= 4 is 24.4 Å². The van der Waals surface area contributed by atoms with Crippen LogP contribution < -0.4 is 0 Å². The van der Waals surface area contributed by atoms with Crippen molar-refractivity contribution in [2.75, 3.05) is 12.5 Å². The summed E-state index contributed by atoms with van der Waals surface area (Å²) in [6.07, 6.45) is 21.3. The predicted molar refractivity (Wildman–Crippen MR) is 82.9 cm³/mol. The monoisotopic (exact) mass is 260 g/mol. The number of hydrogen-bond donors (Lipinski definition) is 1. The summed E-state index contributed by atoms with van der Waals surface area (Å²) in [6.45, 7) is 0. The third-order valence-corrected chi connectivity index (χ3v) is 4.18. The molecule has 0 radical (unpaired) electrons. The molecule has 0 aromatic heterocycles. The van der Waals surface area contributed by atoms with E-state index in [-0.39, 0.29) is 0 Å². The normalized spacial score (nSPS) is 20.2. The van der Waals surface area contributed by atoms with Crippen LogP contribution in [0.25, 0.3) is 0 Å². The number of rotatable bonds is 1. The molecule has 0 saturated heterocycles. The first-order chi connectivity index (χ1) is 7.93. The van der Waals surface area contributed by atoms with Gasteiger partial charge in [0.25, 0.3) is 0 Å². The van der Waals surface area contributed by atoms with Crippen LogP contribution in [0.15, 0.2) is 12.2 Å². The fourth-order valence-corrected chi connectivity index (χ4v) is 2.87. The zero-order chi connectivity index (χ0) is 12.1. The molecule has 0 atom stereocenters. The minimum atomic E-state index is 1.00. The van der Waals surface area contributed by atoms with Crippen molar-refractivity contribution < 1.29 is 0 Å². The number of hydrogen-bond acceptors (Lipinski definition) is 2. The van der Waals surface area contributed by atoms with Gasteiger partial charge in [0.1, 0.15) is 0 Å². The smallest absolute Gasteiger partial charge is 0.00442 e. The van der Waals surface area contributed by atoms with Gasteiger partial charge in [-0.05, 0) is 51.0 Å². The molecule has 0 aliphatic heterocycles. The maximum Gasteiger partial charge on any atom is 0.00442 e. The Morgan fingerprint density at radius 2 is 1.38 bits per heavy atom. The minimum Gasteiger partial charge on any atom is -0.183 e. The van der Waals surface area contributed by atoms with Gasteiger partial charge >= 0.3 is 0 Å². The Morgan fingerprint density at radius 3 is 1.62 bits per heavy atom. The van der Waals surface area contributed by atoms with E-state index in [9.17, 15) is 0 Å². The van der Waals surface area contributed by atoms with E-state index in [0.717, 1.165) is 5.25 Å². The Kier molecular flexibility index (Phi) is 13.9. The van der Waals surface area contributed by atoms with Crippen LogP contribution in [0.3, 0.4) is 0 Å². The van der Waals surface area contributed by atoms with Gasteiger partial charge in [0.05, 0.1) is 0 Å². The molecule has 0 N–H and O–H groups in total. The molecule has 1 fully saturated rings. The molecular formula is C14H28S2. The Bertz CT molecular complexity index is 141. The quantitative estimate of drug-likeness (QED) is 0.490. The second-order valence-corrected chi connectivity index (χ2v) is 5.39. The topological polar surface area (TPSA) is 0 Å². The molecule has 1 saturated carbocycles. The summed E-state index contributed by atoms with van der Waals surface area (Å²) in [5, 5.41) is 1.00. The maximum atomic E-state index is 3.53. The molecule has 2 rings (SSSR count). The molecule has 16 heavy (non-hydrogen) atoms. The third kappa shape index (κ3) is 9.65. The van der Waals surface area contributed by atoms with Gasteiger partial charge in [-0.15, -0.1) is 0 Å². The molecule has 2 aliphatic carbocycles. The van der Waals surface area contributed by atoms with Crippen LogP contribution >= 0.6 is 24.4 Å². The van der Waals surface area contributed by atoms with E-state index in [4.69, 9.17) is 0 Å². The highest BCUT2D eigenvalue weighted by atomic mass is 32.2. The number of allylic oxidation sites excluding steroid dienone is 2. The minimum absolute atomic E-state index is 1.00. The van der Waals surface area contributed by atoms with Crippen molar-refractivity contribution in [3.63, 3.8) is 0 Å². The van der Waals surface area contributed by atoms with Gasteiger partial charge in [0, 0.05) is 5.25 Å². The number of thioether (sulfide) groups is 1. The molecule has 0 heterocycles. The Hall–Kier alpha value is 0.440. The third-order valence-electron chi connectivity index (χ3n) is 3.04. The lowest BCUT2D eigenvalue weighted by Crippen LogP contribution is -2.06. The van der Waals surface area contributed by atoms with E-state index in [1.54, 1.807) is 6.26 Å². The molecule has 2 aliphatic rings. The molecule has 0 aromatic rings. The Balaban J connectivity index is 0.000000251. The highest BCUT2D eigenvalue weighted by Gasteiger charge is 2.10. The average molecular weight is 261 g/mol. The van der Waals surface area contributed by atoms with Gasteiger partial charge in [0.15, 0.2) is 0 Å². The van der Waals surface area contributed by atoms with Crippen LogP contribution in [0.2, 0.25) is 0 Å². The van der Waals surface area contributed by atoms with Crippen LogP contribution in [0.5, 0.6) is 0 Å². The molecule has 0 nitrogen and oxygen atoms in total. The summed E-state index contributed by atoms with van der Waals surface area (Å²) in [5.41, 5.74) is 0. The average Bonchev–Trinajstić information content (AvgIpc) is 2.44. The molecule has 2 heteroatoms. The van der Waals surface area contributed by atoms with E-state index in [1.165, 1.54) is 57.8 Å². The second kappa shape index (κ2) is 13.5. The standard InChI is InChI=1S/C7H14S.C6H10.CH4S/c1-8-7-5-3-2-4-6-7;1-2-4-6-5-3-1;1-2/h7H,2-6H2,1H3;1-2H,3-6H2;2H,1H3. The molecule has 0 amide bonds. The Morgan fingerprint density at radius 1 is 0.875 bits per heavy atom.